The summed E-state index contributed by atoms with van der Waals surface area (Å²) in [6, 6.07) is 13.1. The molecular weight excluding hydrogens is 374 g/mol. The lowest BCUT2D eigenvalue weighted by Crippen LogP contribution is -2.39. The van der Waals surface area contributed by atoms with Crippen LogP contribution in [0.2, 0.25) is 0 Å². The Hall–Kier alpha value is -3.68. The van der Waals surface area contributed by atoms with Crippen LogP contribution in [0.25, 0.3) is 0 Å². The van der Waals surface area contributed by atoms with Crippen molar-refractivity contribution < 1.29 is 23.9 Å². The number of carbonyl (C=O) groups is 3. The molecule has 0 radical (unpaired) electrons. The van der Waals surface area contributed by atoms with E-state index >= 15 is 0 Å². The molecule has 2 heterocycles. The van der Waals surface area contributed by atoms with Gasteiger partial charge in [-0.1, -0.05) is 30.3 Å². The topological polar surface area (TPSA) is 88.5 Å². The van der Waals surface area contributed by atoms with Crippen molar-refractivity contribution in [3.05, 3.63) is 54.1 Å². The number of ether oxygens (including phenoxy) is 2. The molecule has 0 aromatic heterocycles. The molecule has 4 rings (SSSR count). The van der Waals surface area contributed by atoms with Crippen LogP contribution in [0, 0.1) is 12.8 Å². The molecule has 0 bridgehead atoms. The Labute approximate surface area is 167 Å². The summed E-state index contributed by atoms with van der Waals surface area (Å²) in [5, 5.41) is 5.77. The van der Waals surface area contributed by atoms with E-state index in [1.165, 1.54) is 19.2 Å². The number of anilines is 2. The first kappa shape index (κ1) is 18.7. The molecule has 0 aliphatic carbocycles. The highest BCUT2D eigenvalue weighted by Crippen LogP contribution is 2.41. The van der Waals surface area contributed by atoms with Gasteiger partial charge < -0.3 is 9.47 Å². The maximum absolute atomic E-state index is 13.4. The molecule has 2 aromatic carbocycles. The molecule has 8 heteroatoms. The van der Waals surface area contributed by atoms with Crippen LogP contribution >= 0.6 is 0 Å². The van der Waals surface area contributed by atoms with Gasteiger partial charge in [-0.05, 0) is 30.7 Å². The van der Waals surface area contributed by atoms with E-state index in [-0.39, 0.29) is 5.71 Å². The minimum Gasteiger partial charge on any atom is -0.495 e. The minimum atomic E-state index is -1.06. The van der Waals surface area contributed by atoms with Crippen molar-refractivity contribution in [1.29, 1.82) is 0 Å². The summed E-state index contributed by atoms with van der Waals surface area (Å²) in [4.78, 5) is 40.1. The van der Waals surface area contributed by atoms with E-state index in [9.17, 15) is 14.4 Å². The monoisotopic (exact) mass is 393 g/mol. The van der Waals surface area contributed by atoms with E-state index in [1.54, 1.807) is 30.3 Å². The summed E-state index contributed by atoms with van der Waals surface area (Å²) in [6.07, 6.45) is 0. The summed E-state index contributed by atoms with van der Waals surface area (Å²) in [6.45, 7) is 1.87. The minimum absolute atomic E-state index is 0.0866. The van der Waals surface area contributed by atoms with Crippen molar-refractivity contribution in [2.75, 3.05) is 24.1 Å². The number of nitrogens with zero attached hydrogens (tertiary/aromatic N) is 3. The third-order valence-corrected chi connectivity index (χ3v) is 5.13. The zero-order chi connectivity index (χ0) is 20.7. The van der Waals surface area contributed by atoms with Gasteiger partial charge in [0, 0.05) is 0 Å². The number of para-hydroxylation sites is 3. The second kappa shape index (κ2) is 7.05. The van der Waals surface area contributed by atoms with Crippen molar-refractivity contribution in [2.24, 2.45) is 11.0 Å². The average Bonchev–Trinajstić information content (AvgIpc) is 3.25. The van der Waals surface area contributed by atoms with Crippen LogP contribution < -0.4 is 14.6 Å². The molecule has 0 unspecified atom stereocenters. The van der Waals surface area contributed by atoms with Crippen LogP contribution in [0.4, 0.5) is 11.4 Å². The maximum atomic E-state index is 13.4. The molecule has 29 heavy (non-hydrogen) atoms. The van der Waals surface area contributed by atoms with Gasteiger partial charge in [0.2, 0.25) is 5.91 Å². The molecule has 1 fully saturated rings. The number of aryl methyl sites for hydroxylation is 1. The highest BCUT2D eigenvalue weighted by atomic mass is 16.5. The van der Waals surface area contributed by atoms with Crippen molar-refractivity contribution in [3.8, 4) is 5.75 Å². The van der Waals surface area contributed by atoms with Crippen molar-refractivity contribution in [1.82, 2.24) is 0 Å². The number of benzene rings is 2. The Kier molecular flexibility index (Phi) is 4.54. The predicted molar refractivity (Wildman–Crippen MR) is 106 cm³/mol. The van der Waals surface area contributed by atoms with Crippen LogP contribution in [-0.2, 0) is 19.1 Å². The molecule has 2 aromatic rings. The van der Waals surface area contributed by atoms with Crippen LogP contribution in [0.5, 0.6) is 5.75 Å². The highest BCUT2D eigenvalue weighted by molar-refractivity contribution is 6.47. The molecule has 148 valence electrons. The zero-order valence-electron chi connectivity index (χ0n) is 16.2. The molecule has 2 amide bonds. The normalized spacial score (nSPS) is 20.6. The van der Waals surface area contributed by atoms with Crippen LogP contribution in [0.3, 0.4) is 0 Å². The van der Waals surface area contributed by atoms with Gasteiger partial charge in [-0.15, -0.1) is 0 Å². The van der Waals surface area contributed by atoms with Gasteiger partial charge in [0.15, 0.2) is 5.71 Å². The lowest BCUT2D eigenvalue weighted by molar-refractivity contribution is -0.133. The van der Waals surface area contributed by atoms with Crippen molar-refractivity contribution >= 4 is 34.9 Å². The van der Waals surface area contributed by atoms with Gasteiger partial charge in [-0.2, -0.15) is 5.10 Å². The fraction of sp³-hybridized carbons (Fsp3) is 0.238. The van der Waals surface area contributed by atoms with E-state index < -0.39 is 29.7 Å². The number of hydrazone groups is 1. The SMILES string of the molecule is COC(=O)C1=NN(c2ccccc2C)[C@H]2C(=O)N(c3ccccc3OC)C(=O)[C@@H]12. The highest BCUT2D eigenvalue weighted by Gasteiger charge is 2.59. The predicted octanol–water partition coefficient (Wildman–Crippen LogP) is 1.91. The van der Waals surface area contributed by atoms with Crippen LogP contribution in [0.1, 0.15) is 5.56 Å². The summed E-state index contributed by atoms with van der Waals surface area (Å²) >= 11 is 0. The van der Waals surface area contributed by atoms with E-state index in [4.69, 9.17) is 9.47 Å². The van der Waals surface area contributed by atoms with E-state index in [0.29, 0.717) is 17.1 Å². The first-order valence-electron chi connectivity index (χ1n) is 9.02. The molecule has 2 aliphatic heterocycles. The van der Waals surface area contributed by atoms with Gasteiger partial charge in [-0.25, -0.2) is 9.69 Å². The Morgan fingerprint density at radius 2 is 1.62 bits per heavy atom. The number of hydrogen-bond acceptors (Lipinski definition) is 7. The fourth-order valence-corrected chi connectivity index (χ4v) is 3.76. The molecule has 0 spiro atoms. The second-order valence-electron chi connectivity index (χ2n) is 6.71. The summed E-state index contributed by atoms with van der Waals surface area (Å²) < 4.78 is 10.1. The van der Waals surface area contributed by atoms with E-state index in [2.05, 4.69) is 5.10 Å². The third kappa shape index (κ3) is 2.75. The van der Waals surface area contributed by atoms with Crippen molar-refractivity contribution in [3.63, 3.8) is 0 Å². The fourth-order valence-electron chi connectivity index (χ4n) is 3.76. The van der Waals surface area contributed by atoms with Gasteiger partial charge in [-0.3, -0.25) is 14.6 Å². The second-order valence-corrected chi connectivity index (χ2v) is 6.71. The molecule has 8 nitrogen and oxygen atoms in total. The Bertz CT molecular complexity index is 1050. The number of hydrogen-bond donors (Lipinski definition) is 0. The zero-order valence-corrected chi connectivity index (χ0v) is 16.2. The first-order valence-corrected chi connectivity index (χ1v) is 9.02. The lowest BCUT2D eigenvalue weighted by atomic mass is 9.97. The van der Waals surface area contributed by atoms with Crippen LogP contribution in [0.15, 0.2) is 53.6 Å². The van der Waals surface area contributed by atoms with Crippen molar-refractivity contribution in [2.45, 2.75) is 13.0 Å². The molecule has 2 atom stereocenters. The van der Waals surface area contributed by atoms with Gasteiger partial charge in [0.25, 0.3) is 5.91 Å². The number of carbonyl (C=O) groups excluding carboxylic acids is 3. The summed E-state index contributed by atoms with van der Waals surface area (Å²) in [5.41, 5.74) is 1.74. The van der Waals surface area contributed by atoms with E-state index in [1.807, 2.05) is 25.1 Å². The number of amides is 2. The summed E-state index contributed by atoms with van der Waals surface area (Å²) in [7, 11) is 2.68. The number of rotatable bonds is 4. The number of imide groups is 1. The third-order valence-electron chi connectivity index (χ3n) is 5.13. The number of esters is 1. The molecule has 2 aliphatic rings. The Balaban J connectivity index is 1.85. The molecule has 0 N–H and O–H groups in total. The summed E-state index contributed by atoms with van der Waals surface area (Å²) in [5.74, 6) is -2.42. The number of methoxy groups -OCH3 is 2. The molecule has 0 saturated carbocycles. The van der Waals surface area contributed by atoms with Gasteiger partial charge >= 0.3 is 5.97 Å². The first-order chi connectivity index (χ1) is 14.0. The standard InChI is InChI=1S/C21H19N3O5/c1-12-8-4-5-9-13(12)24-18-16(17(22-24)21(27)29-3)19(25)23(20(18)26)14-10-6-7-11-15(14)28-2/h4-11,16,18H,1-3H3/t16-,18+/m0/s1. The maximum Gasteiger partial charge on any atom is 0.355 e. The van der Waals surface area contributed by atoms with Gasteiger partial charge in [0.1, 0.15) is 17.7 Å². The number of fused-ring (bicyclic) bond motifs is 1. The largest absolute Gasteiger partial charge is 0.495 e. The average molecular weight is 393 g/mol. The Morgan fingerprint density at radius 3 is 2.28 bits per heavy atom. The quantitative estimate of drug-likeness (QED) is 0.582. The molecule has 1 saturated heterocycles. The van der Waals surface area contributed by atoms with Crippen LogP contribution in [-0.4, -0.2) is 43.8 Å². The smallest absolute Gasteiger partial charge is 0.355 e. The Morgan fingerprint density at radius 1 is 0.966 bits per heavy atom. The molecular formula is C21H19N3O5. The lowest BCUT2D eigenvalue weighted by Gasteiger charge is -2.24. The van der Waals surface area contributed by atoms with E-state index in [0.717, 1.165) is 10.5 Å². The van der Waals surface area contributed by atoms with Gasteiger partial charge in [0.05, 0.1) is 25.6 Å².